The van der Waals surface area contributed by atoms with Crippen molar-refractivity contribution in [3.63, 3.8) is 0 Å². The second kappa shape index (κ2) is 2.34. The highest BCUT2D eigenvalue weighted by Crippen LogP contribution is 2.29. The van der Waals surface area contributed by atoms with Crippen molar-refractivity contribution in [3.8, 4) is 0 Å². The number of hydrogen-bond donors (Lipinski definition) is 1. The molecule has 1 atom stereocenters. The van der Waals surface area contributed by atoms with Gasteiger partial charge in [0.25, 0.3) is 0 Å². The lowest BCUT2D eigenvalue weighted by Crippen LogP contribution is -2.12. The van der Waals surface area contributed by atoms with E-state index in [-0.39, 0.29) is 0 Å². The third-order valence-corrected chi connectivity index (χ3v) is 2.49. The Labute approximate surface area is 66.4 Å². The van der Waals surface area contributed by atoms with Crippen molar-refractivity contribution in [2.24, 2.45) is 7.05 Å². The highest BCUT2D eigenvalue weighted by molar-refractivity contribution is 5.26. The van der Waals surface area contributed by atoms with Gasteiger partial charge in [0.05, 0.1) is 6.20 Å². The lowest BCUT2D eigenvalue weighted by Gasteiger charge is -2.05. The van der Waals surface area contributed by atoms with E-state index in [0.29, 0.717) is 6.04 Å². The van der Waals surface area contributed by atoms with Crippen LogP contribution in [0.4, 0.5) is 0 Å². The summed E-state index contributed by atoms with van der Waals surface area (Å²) in [5.74, 6) is 0. The minimum Gasteiger partial charge on any atom is -0.313 e. The zero-order valence-corrected chi connectivity index (χ0v) is 6.96. The number of aromatic nitrogens is 2. The summed E-state index contributed by atoms with van der Waals surface area (Å²) in [5.41, 5.74) is 2.78. The van der Waals surface area contributed by atoms with E-state index < -0.39 is 0 Å². The molecule has 1 aromatic heterocycles. The van der Waals surface area contributed by atoms with Gasteiger partial charge in [-0.15, -0.1) is 0 Å². The summed E-state index contributed by atoms with van der Waals surface area (Å²) in [4.78, 5) is 0. The molecule has 0 radical (unpaired) electrons. The summed E-state index contributed by atoms with van der Waals surface area (Å²) < 4.78 is 1.98. The lowest BCUT2D eigenvalue weighted by molar-refractivity contribution is 0.581. The second-order valence-electron chi connectivity index (χ2n) is 3.05. The molecule has 60 valence electrons. The van der Waals surface area contributed by atoms with Crippen molar-refractivity contribution in [2.75, 3.05) is 7.05 Å². The Morgan fingerprint density at radius 2 is 2.55 bits per heavy atom. The van der Waals surface area contributed by atoms with Crippen LogP contribution in [-0.4, -0.2) is 16.8 Å². The molecule has 0 saturated carbocycles. The number of nitrogens with one attached hydrogen (secondary N) is 1. The predicted molar refractivity (Wildman–Crippen MR) is 43.3 cm³/mol. The Hall–Kier alpha value is -0.830. The first-order chi connectivity index (χ1) is 5.33. The van der Waals surface area contributed by atoms with Crippen molar-refractivity contribution < 1.29 is 0 Å². The Bertz CT molecular complexity index is 264. The first kappa shape index (κ1) is 6.85. The zero-order chi connectivity index (χ0) is 7.84. The third kappa shape index (κ3) is 0.878. The maximum Gasteiger partial charge on any atom is 0.0540 e. The summed E-state index contributed by atoms with van der Waals surface area (Å²) in [7, 11) is 4.02. The summed E-state index contributed by atoms with van der Waals surface area (Å²) >= 11 is 0. The lowest BCUT2D eigenvalue weighted by atomic mass is 10.2. The molecular formula is C8H13N3. The predicted octanol–water partition coefficient (Wildman–Crippen LogP) is 0.627. The van der Waals surface area contributed by atoms with Crippen LogP contribution in [0.5, 0.6) is 0 Å². The molecular weight excluding hydrogens is 138 g/mol. The first-order valence-corrected chi connectivity index (χ1v) is 4.01. The number of rotatable bonds is 1. The molecule has 1 aliphatic rings. The fourth-order valence-electron chi connectivity index (χ4n) is 1.81. The van der Waals surface area contributed by atoms with Gasteiger partial charge in [-0.1, -0.05) is 0 Å². The molecule has 0 aliphatic heterocycles. The molecule has 3 nitrogen and oxygen atoms in total. The summed E-state index contributed by atoms with van der Waals surface area (Å²) in [6.07, 6.45) is 4.36. The van der Waals surface area contributed by atoms with E-state index in [2.05, 4.69) is 10.4 Å². The zero-order valence-electron chi connectivity index (χ0n) is 6.96. The van der Waals surface area contributed by atoms with Gasteiger partial charge in [0.15, 0.2) is 0 Å². The molecule has 1 unspecified atom stereocenters. The molecule has 1 aromatic rings. The third-order valence-electron chi connectivity index (χ3n) is 2.49. The average Bonchev–Trinajstić information content (AvgIpc) is 2.53. The van der Waals surface area contributed by atoms with Crippen LogP contribution < -0.4 is 5.32 Å². The fraction of sp³-hybridized carbons (Fsp3) is 0.625. The van der Waals surface area contributed by atoms with Crippen LogP contribution >= 0.6 is 0 Å². The second-order valence-corrected chi connectivity index (χ2v) is 3.05. The summed E-state index contributed by atoms with van der Waals surface area (Å²) in [5, 5.41) is 7.49. The summed E-state index contributed by atoms with van der Waals surface area (Å²) in [6, 6.07) is 0.540. The number of hydrogen-bond acceptors (Lipinski definition) is 2. The van der Waals surface area contributed by atoms with Crippen molar-refractivity contribution in [2.45, 2.75) is 18.9 Å². The van der Waals surface area contributed by atoms with E-state index in [0.717, 1.165) is 6.42 Å². The molecule has 0 amide bonds. The minimum absolute atomic E-state index is 0.540. The molecule has 0 bridgehead atoms. The Balaban J connectivity index is 2.40. The SMILES string of the molecule is CNC1CCc2c1cnn2C. The van der Waals surface area contributed by atoms with Gasteiger partial charge in [-0.3, -0.25) is 4.68 Å². The standard InChI is InChI=1S/C8H13N3/c1-9-7-3-4-8-6(7)5-10-11(8)2/h5,7,9H,3-4H2,1-2H3. The number of fused-ring (bicyclic) bond motifs is 1. The van der Waals surface area contributed by atoms with Crippen LogP contribution in [0.3, 0.4) is 0 Å². The van der Waals surface area contributed by atoms with E-state index >= 15 is 0 Å². The molecule has 1 heterocycles. The molecule has 11 heavy (non-hydrogen) atoms. The molecule has 0 saturated heterocycles. The van der Waals surface area contributed by atoms with Crippen LogP contribution in [0.2, 0.25) is 0 Å². The van der Waals surface area contributed by atoms with Gasteiger partial charge < -0.3 is 5.32 Å². The van der Waals surface area contributed by atoms with E-state index in [1.165, 1.54) is 17.7 Å². The maximum atomic E-state index is 4.21. The Morgan fingerprint density at radius 3 is 3.27 bits per heavy atom. The van der Waals surface area contributed by atoms with Gasteiger partial charge >= 0.3 is 0 Å². The van der Waals surface area contributed by atoms with Gasteiger partial charge in [0.1, 0.15) is 0 Å². The van der Waals surface area contributed by atoms with Gasteiger partial charge in [-0.05, 0) is 19.9 Å². The monoisotopic (exact) mass is 151 g/mol. The van der Waals surface area contributed by atoms with E-state index in [9.17, 15) is 0 Å². The molecule has 3 heteroatoms. The first-order valence-electron chi connectivity index (χ1n) is 4.01. The molecule has 0 aromatic carbocycles. The topological polar surface area (TPSA) is 29.9 Å². The van der Waals surface area contributed by atoms with Crippen LogP contribution in [-0.2, 0) is 13.5 Å². The minimum atomic E-state index is 0.540. The quantitative estimate of drug-likeness (QED) is 0.638. The Kier molecular flexibility index (Phi) is 1.46. The van der Waals surface area contributed by atoms with Crippen LogP contribution in [0.25, 0.3) is 0 Å². The van der Waals surface area contributed by atoms with Crippen molar-refractivity contribution in [1.82, 2.24) is 15.1 Å². The van der Waals surface area contributed by atoms with Crippen LogP contribution in [0, 0.1) is 0 Å². The van der Waals surface area contributed by atoms with Gasteiger partial charge in [0.2, 0.25) is 0 Å². The fourth-order valence-corrected chi connectivity index (χ4v) is 1.81. The highest BCUT2D eigenvalue weighted by Gasteiger charge is 2.23. The van der Waals surface area contributed by atoms with Crippen LogP contribution in [0.15, 0.2) is 6.20 Å². The molecule has 1 N–H and O–H groups in total. The highest BCUT2D eigenvalue weighted by atomic mass is 15.3. The van der Waals surface area contributed by atoms with Gasteiger partial charge in [0, 0.05) is 24.3 Å². The molecule has 0 spiro atoms. The number of nitrogens with zero attached hydrogens (tertiary/aromatic N) is 2. The molecule has 2 rings (SSSR count). The largest absolute Gasteiger partial charge is 0.313 e. The Morgan fingerprint density at radius 1 is 1.73 bits per heavy atom. The van der Waals surface area contributed by atoms with Crippen LogP contribution in [0.1, 0.15) is 23.7 Å². The van der Waals surface area contributed by atoms with E-state index in [4.69, 9.17) is 0 Å². The van der Waals surface area contributed by atoms with E-state index in [1.54, 1.807) is 0 Å². The average molecular weight is 151 g/mol. The molecule has 0 fully saturated rings. The van der Waals surface area contributed by atoms with Gasteiger partial charge in [-0.2, -0.15) is 5.10 Å². The summed E-state index contributed by atoms with van der Waals surface area (Å²) in [6.45, 7) is 0. The van der Waals surface area contributed by atoms with Crippen molar-refractivity contribution in [3.05, 3.63) is 17.5 Å². The normalized spacial score (nSPS) is 22.2. The smallest absolute Gasteiger partial charge is 0.0540 e. The number of aryl methyl sites for hydroxylation is 1. The molecule has 1 aliphatic carbocycles. The van der Waals surface area contributed by atoms with Crippen molar-refractivity contribution >= 4 is 0 Å². The van der Waals surface area contributed by atoms with Crippen molar-refractivity contribution in [1.29, 1.82) is 0 Å². The van der Waals surface area contributed by atoms with E-state index in [1.807, 2.05) is 25.0 Å². The van der Waals surface area contributed by atoms with Gasteiger partial charge in [-0.25, -0.2) is 0 Å². The maximum absolute atomic E-state index is 4.21.